The molecule has 4 nitrogen and oxygen atoms in total. The number of rotatable bonds is 2. The molecule has 0 N–H and O–H groups in total. The molecule has 0 radical (unpaired) electrons. The van der Waals surface area contributed by atoms with E-state index >= 15 is 0 Å². The predicted octanol–water partition coefficient (Wildman–Crippen LogP) is 1.50. The fourth-order valence-electron chi connectivity index (χ4n) is 1.81. The fourth-order valence-corrected chi connectivity index (χ4v) is 3.65. The molecule has 0 amide bonds. The third kappa shape index (κ3) is 2.87. The van der Waals surface area contributed by atoms with E-state index < -0.39 is 9.84 Å². The maximum atomic E-state index is 11.3. The van der Waals surface area contributed by atoms with Crippen molar-refractivity contribution in [1.82, 2.24) is 0 Å². The quantitative estimate of drug-likeness (QED) is 0.776. The number of halogens is 1. The Balaban J connectivity index is 2.21. The molecule has 2 rings (SSSR count). The van der Waals surface area contributed by atoms with E-state index in [1.165, 1.54) is 0 Å². The van der Waals surface area contributed by atoms with Crippen molar-refractivity contribution in [3.8, 4) is 0 Å². The third-order valence-electron chi connectivity index (χ3n) is 2.79. The molecule has 17 heavy (non-hydrogen) atoms. The Morgan fingerprint density at radius 2 is 1.88 bits per heavy atom. The van der Waals surface area contributed by atoms with Gasteiger partial charge in [-0.05, 0) is 34.1 Å². The maximum absolute atomic E-state index is 11.3. The molecule has 1 aliphatic heterocycles. The number of benzene rings is 1. The first kappa shape index (κ1) is 12.6. The van der Waals surface area contributed by atoms with Crippen LogP contribution < -0.4 is 4.90 Å². The molecule has 6 heteroatoms. The van der Waals surface area contributed by atoms with Crippen LogP contribution >= 0.6 is 15.9 Å². The lowest BCUT2D eigenvalue weighted by atomic mass is 10.2. The van der Waals surface area contributed by atoms with E-state index in [0.717, 1.165) is 16.4 Å². The van der Waals surface area contributed by atoms with Gasteiger partial charge in [0.25, 0.3) is 0 Å². The monoisotopic (exact) mass is 317 g/mol. The van der Waals surface area contributed by atoms with E-state index in [9.17, 15) is 13.2 Å². The molecule has 0 aromatic heterocycles. The van der Waals surface area contributed by atoms with Gasteiger partial charge in [0.05, 0.1) is 17.2 Å². The number of hydrogen-bond acceptors (Lipinski definition) is 4. The second-order valence-corrected chi connectivity index (χ2v) is 7.13. The molecule has 92 valence electrons. The van der Waals surface area contributed by atoms with Gasteiger partial charge in [0.1, 0.15) is 6.29 Å². The molecule has 0 spiro atoms. The molecule has 1 aromatic rings. The minimum Gasteiger partial charge on any atom is -0.369 e. The number of aldehydes is 1. The predicted molar refractivity (Wildman–Crippen MR) is 70.4 cm³/mol. The Kier molecular flexibility index (Phi) is 3.53. The summed E-state index contributed by atoms with van der Waals surface area (Å²) in [5, 5.41) is 0. The van der Waals surface area contributed by atoms with Gasteiger partial charge in [-0.1, -0.05) is 0 Å². The van der Waals surface area contributed by atoms with Crippen molar-refractivity contribution >= 4 is 37.7 Å². The van der Waals surface area contributed by atoms with Crippen molar-refractivity contribution in [3.05, 3.63) is 28.2 Å². The zero-order chi connectivity index (χ0) is 12.5. The maximum Gasteiger partial charge on any atom is 0.153 e. The highest BCUT2D eigenvalue weighted by Gasteiger charge is 2.22. The molecular weight excluding hydrogens is 306 g/mol. The lowest BCUT2D eigenvalue weighted by molar-refractivity contribution is 0.112. The first-order chi connectivity index (χ1) is 8.02. The molecule has 0 saturated carbocycles. The first-order valence-corrected chi connectivity index (χ1v) is 7.83. The first-order valence-electron chi connectivity index (χ1n) is 5.22. The Hall–Kier alpha value is -0.880. The lowest BCUT2D eigenvalue weighted by Crippen LogP contribution is -2.40. The summed E-state index contributed by atoms with van der Waals surface area (Å²) in [5.41, 5.74) is 1.54. The van der Waals surface area contributed by atoms with Crippen LogP contribution in [0.4, 0.5) is 5.69 Å². The summed E-state index contributed by atoms with van der Waals surface area (Å²) in [6.45, 7) is 1.00. The highest BCUT2D eigenvalue weighted by atomic mass is 79.9. The van der Waals surface area contributed by atoms with E-state index in [1.807, 2.05) is 11.0 Å². The summed E-state index contributed by atoms with van der Waals surface area (Å²) in [4.78, 5) is 12.6. The highest BCUT2D eigenvalue weighted by Crippen LogP contribution is 2.28. The van der Waals surface area contributed by atoms with Crippen LogP contribution in [-0.2, 0) is 9.84 Å². The largest absolute Gasteiger partial charge is 0.369 e. The van der Waals surface area contributed by atoms with Crippen LogP contribution in [0.3, 0.4) is 0 Å². The molecule has 0 atom stereocenters. The Morgan fingerprint density at radius 1 is 1.24 bits per heavy atom. The molecular formula is C11H12BrNO3S. The van der Waals surface area contributed by atoms with Gasteiger partial charge in [0.15, 0.2) is 9.84 Å². The fraction of sp³-hybridized carbons (Fsp3) is 0.364. The van der Waals surface area contributed by atoms with Crippen LogP contribution in [0.2, 0.25) is 0 Å². The van der Waals surface area contributed by atoms with Crippen molar-refractivity contribution in [2.75, 3.05) is 29.5 Å². The Labute approximate surface area is 109 Å². The number of carbonyl (C=O) groups is 1. The van der Waals surface area contributed by atoms with Gasteiger partial charge in [-0.25, -0.2) is 8.42 Å². The Bertz CT molecular complexity index is 528. The number of carbonyl (C=O) groups excluding carboxylic acids is 1. The van der Waals surface area contributed by atoms with Gasteiger partial charge >= 0.3 is 0 Å². The summed E-state index contributed by atoms with van der Waals surface area (Å²) in [7, 11) is -2.86. The van der Waals surface area contributed by atoms with Crippen molar-refractivity contribution < 1.29 is 13.2 Å². The van der Waals surface area contributed by atoms with Crippen molar-refractivity contribution in [1.29, 1.82) is 0 Å². The minimum absolute atomic E-state index is 0.189. The smallest absolute Gasteiger partial charge is 0.153 e. The average Bonchev–Trinajstić information content (AvgIpc) is 2.29. The molecule has 0 unspecified atom stereocenters. The van der Waals surface area contributed by atoms with E-state index in [4.69, 9.17) is 0 Å². The summed E-state index contributed by atoms with van der Waals surface area (Å²) < 4.78 is 23.5. The van der Waals surface area contributed by atoms with Gasteiger partial charge in [-0.15, -0.1) is 0 Å². The summed E-state index contributed by atoms with van der Waals surface area (Å²) in [6.07, 6.45) is 0.787. The molecule has 1 saturated heterocycles. The molecule has 1 heterocycles. The zero-order valence-electron chi connectivity index (χ0n) is 9.10. The normalized spacial score (nSPS) is 19.0. The molecule has 0 bridgehead atoms. The topological polar surface area (TPSA) is 54.5 Å². The number of anilines is 1. The molecule has 1 aliphatic rings. The van der Waals surface area contributed by atoms with Crippen LogP contribution in [0.15, 0.2) is 22.7 Å². The third-order valence-corrected chi connectivity index (χ3v) is 5.04. The van der Waals surface area contributed by atoms with Gasteiger partial charge in [0.2, 0.25) is 0 Å². The van der Waals surface area contributed by atoms with Gasteiger partial charge in [-0.2, -0.15) is 0 Å². The second kappa shape index (κ2) is 4.78. The summed E-state index contributed by atoms with van der Waals surface area (Å²) >= 11 is 3.40. The zero-order valence-corrected chi connectivity index (χ0v) is 11.5. The van der Waals surface area contributed by atoms with Crippen LogP contribution in [-0.4, -0.2) is 39.3 Å². The second-order valence-electron chi connectivity index (χ2n) is 3.97. The summed E-state index contributed by atoms with van der Waals surface area (Å²) in [5.74, 6) is 0.379. The number of nitrogens with zero attached hydrogens (tertiary/aromatic N) is 1. The van der Waals surface area contributed by atoms with Crippen molar-refractivity contribution in [2.45, 2.75) is 0 Å². The standard InChI is InChI=1S/C11H12BrNO3S/c12-10-7-9(8-14)1-2-11(10)13-3-5-17(15,16)6-4-13/h1-2,7-8H,3-6H2. The van der Waals surface area contributed by atoms with Gasteiger partial charge in [0, 0.05) is 23.1 Å². The van der Waals surface area contributed by atoms with Crippen LogP contribution in [0.5, 0.6) is 0 Å². The molecule has 1 fully saturated rings. The van der Waals surface area contributed by atoms with Crippen LogP contribution in [0.25, 0.3) is 0 Å². The minimum atomic E-state index is -2.86. The van der Waals surface area contributed by atoms with Crippen LogP contribution in [0, 0.1) is 0 Å². The Morgan fingerprint density at radius 3 is 2.41 bits per heavy atom. The number of hydrogen-bond donors (Lipinski definition) is 0. The van der Waals surface area contributed by atoms with Crippen molar-refractivity contribution in [3.63, 3.8) is 0 Å². The van der Waals surface area contributed by atoms with E-state index in [-0.39, 0.29) is 11.5 Å². The van der Waals surface area contributed by atoms with E-state index in [2.05, 4.69) is 15.9 Å². The van der Waals surface area contributed by atoms with Crippen LogP contribution in [0.1, 0.15) is 10.4 Å². The van der Waals surface area contributed by atoms with E-state index in [1.54, 1.807) is 12.1 Å². The van der Waals surface area contributed by atoms with Crippen molar-refractivity contribution in [2.24, 2.45) is 0 Å². The average molecular weight is 318 g/mol. The highest BCUT2D eigenvalue weighted by molar-refractivity contribution is 9.10. The lowest BCUT2D eigenvalue weighted by Gasteiger charge is -2.29. The number of sulfone groups is 1. The summed E-state index contributed by atoms with van der Waals surface area (Å²) in [6, 6.07) is 5.31. The van der Waals surface area contributed by atoms with E-state index in [0.29, 0.717) is 18.7 Å². The SMILES string of the molecule is O=Cc1ccc(N2CCS(=O)(=O)CC2)c(Br)c1. The molecule has 0 aliphatic carbocycles. The molecule has 1 aromatic carbocycles. The van der Waals surface area contributed by atoms with Gasteiger partial charge < -0.3 is 4.90 Å². The van der Waals surface area contributed by atoms with Gasteiger partial charge in [-0.3, -0.25) is 4.79 Å².